The molecule has 4 heterocycles. The second-order valence-electron chi connectivity index (χ2n) is 6.97. The van der Waals surface area contributed by atoms with E-state index in [9.17, 15) is 0 Å². The maximum Gasteiger partial charge on any atom is 0.177 e. The molecule has 0 aromatic carbocycles. The topological polar surface area (TPSA) is 49.6 Å². The van der Waals surface area contributed by atoms with Crippen LogP contribution in [0.5, 0.6) is 0 Å². The van der Waals surface area contributed by atoms with Gasteiger partial charge >= 0.3 is 0 Å². The SMILES string of the molecule is c1cc2nncn2nc1N1CCC(CN2CCCCCC2)CC1. The minimum Gasteiger partial charge on any atom is -0.355 e. The summed E-state index contributed by atoms with van der Waals surface area (Å²) in [6.45, 7) is 6.14. The first kappa shape index (κ1) is 14.9. The molecule has 0 radical (unpaired) electrons. The number of anilines is 1. The van der Waals surface area contributed by atoms with Crippen molar-refractivity contribution in [3.05, 3.63) is 18.5 Å². The minimum atomic E-state index is 0.810. The first-order valence-electron chi connectivity index (χ1n) is 9.03. The van der Waals surface area contributed by atoms with Crippen molar-refractivity contribution in [3.63, 3.8) is 0 Å². The molecule has 6 nitrogen and oxygen atoms in total. The van der Waals surface area contributed by atoms with Gasteiger partial charge in [-0.15, -0.1) is 15.3 Å². The maximum atomic E-state index is 4.62. The Labute approximate surface area is 137 Å². The zero-order valence-corrected chi connectivity index (χ0v) is 13.8. The monoisotopic (exact) mass is 314 g/mol. The summed E-state index contributed by atoms with van der Waals surface area (Å²) in [7, 11) is 0. The lowest BCUT2D eigenvalue weighted by Gasteiger charge is -2.35. The lowest BCUT2D eigenvalue weighted by Crippen LogP contribution is -2.39. The van der Waals surface area contributed by atoms with Gasteiger partial charge < -0.3 is 9.80 Å². The molecule has 0 aliphatic carbocycles. The lowest BCUT2D eigenvalue weighted by molar-refractivity contribution is 0.217. The molecule has 2 aromatic rings. The fourth-order valence-corrected chi connectivity index (χ4v) is 3.92. The molecule has 0 N–H and O–H groups in total. The van der Waals surface area contributed by atoms with Crippen molar-refractivity contribution in [3.8, 4) is 0 Å². The van der Waals surface area contributed by atoms with Crippen molar-refractivity contribution >= 4 is 11.5 Å². The number of hydrogen-bond donors (Lipinski definition) is 0. The van der Waals surface area contributed by atoms with Gasteiger partial charge in [0.15, 0.2) is 5.65 Å². The van der Waals surface area contributed by atoms with Crippen LogP contribution in [0, 0.1) is 5.92 Å². The van der Waals surface area contributed by atoms with Crippen molar-refractivity contribution in [2.75, 3.05) is 37.6 Å². The average Bonchev–Trinajstić information content (AvgIpc) is 2.91. The molecule has 0 unspecified atom stereocenters. The zero-order chi connectivity index (χ0) is 15.5. The normalized spacial score (nSPS) is 21.7. The second kappa shape index (κ2) is 6.83. The molecule has 0 saturated carbocycles. The Morgan fingerprint density at radius 2 is 1.74 bits per heavy atom. The van der Waals surface area contributed by atoms with Crippen LogP contribution in [0.1, 0.15) is 38.5 Å². The van der Waals surface area contributed by atoms with E-state index in [2.05, 4.69) is 31.2 Å². The van der Waals surface area contributed by atoms with E-state index < -0.39 is 0 Å². The third-order valence-electron chi connectivity index (χ3n) is 5.30. The van der Waals surface area contributed by atoms with Gasteiger partial charge in [-0.1, -0.05) is 12.8 Å². The van der Waals surface area contributed by atoms with Crippen LogP contribution in [-0.2, 0) is 0 Å². The number of piperidine rings is 1. The van der Waals surface area contributed by atoms with Crippen molar-refractivity contribution < 1.29 is 0 Å². The summed E-state index contributed by atoms with van der Waals surface area (Å²) in [5, 5.41) is 12.5. The van der Waals surface area contributed by atoms with Crippen LogP contribution in [0.15, 0.2) is 18.5 Å². The zero-order valence-electron chi connectivity index (χ0n) is 13.8. The summed E-state index contributed by atoms with van der Waals surface area (Å²) < 4.78 is 1.76. The summed E-state index contributed by atoms with van der Waals surface area (Å²) in [4.78, 5) is 5.10. The third-order valence-corrected chi connectivity index (χ3v) is 5.30. The predicted octanol–water partition coefficient (Wildman–Crippen LogP) is 2.22. The van der Waals surface area contributed by atoms with Gasteiger partial charge in [-0.3, -0.25) is 0 Å². The number of rotatable bonds is 3. The minimum absolute atomic E-state index is 0.810. The highest BCUT2D eigenvalue weighted by molar-refractivity contribution is 5.45. The summed E-state index contributed by atoms with van der Waals surface area (Å²) in [5.74, 6) is 1.90. The van der Waals surface area contributed by atoms with Gasteiger partial charge in [0.2, 0.25) is 0 Å². The van der Waals surface area contributed by atoms with Crippen molar-refractivity contribution in [1.29, 1.82) is 0 Å². The van der Waals surface area contributed by atoms with Crippen molar-refractivity contribution in [1.82, 2.24) is 24.7 Å². The second-order valence-corrected chi connectivity index (χ2v) is 6.97. The molecule has 2 aliphatic rings. The highest BCUT2D eigenvalue weighted by atomic mass is 15.4. The van der Waals surface area contributed by atoms with E-state index in [-0.39, 0.29) is 0 Å². The molecule has 2 aromatic heterocycles. The van der Waals surface area contributed by atoms with E-state index in [0.29, 0.717) is 0 Å². The third kappa shape index (κ3) is 3.47. The maximum absolute atomic E-state index is 4.62. The van der Waals surface area contributed by atoms with Gasteiger partial charge in [-0.2, -0.15) is 4.52 Å². The van der Waals surface area contributed by atoms with E-state index in [1.165, 1.54) is 58.2 Å². The Morgan fingerprint density at radius 1 is 0.957 bits per heavy atom. The first-order valence-corrected chi connectivity index (χ1v) is 9.03. The molecular formula is C17H26N6. The van der Waals surface area contributed by atoms with Gasteiger partial charge in [-0.05, 0) is 56.8 Å². The predicted molar refractivity (Wildman–Crippen MR) is 90.6 cm³/mol. The molecule has 6 heteroatoms. The van der Waals surface area contributed by atoms with Crippen molar-refractivity contribution in [2.24, 2.45) is 5.92 Å². The number of nitrogens with zero attached hydrogens (tertiary/aromatic N) is 6. The van der Waals surface area contributed by atoms with Crippen molar-refractivity contribution in [2.45, 2.75) is 38.5 Å². The summed E-state index contributed by atoms with van der Waals surface area (Å²) >= 11 is 0. The lowest BCUT2D eigenvalue weighted by atomic mass is 9.96. The number of hydrogen-bond acceptors (Lipinski definition) is 5. The van der Waals surface area contributed by atoms with Gasteiger partial charge in [-0.25, -0.2) is 0 Å². The van der Waals surface area contributed by atoms with E-state index in [0.717, 1.165) is 30.5 Å². The van der Waals surface area contributed by atoms with Crippen LogP contribution in [0.2, 0.25) is 0 Å². The quantitative estimate of drug-likeness (QED) is 0.869. The van der Waals surface area contributed by atoms with E-state index >= 15 is 0 Å². The molecule has 124 valence electrons. The Morgan fingerprint density at radius 3 is 2.52 bits per heavy atom. The van der Waals surface area contributed by atoms with E-state index in [1.54, 1.807) is 10.8 Å². The van der Waals surface area contributed by atoms with Gasteiger partial charge in [0.25, 0.3) is 0 Å². The van der Waals surface area contributed by atoms with Crippen LogP contribution >= 0.6 is 0 Å². The van der Waals surface area contributed by atoms with Crippen LogP contribution in [0.3, 0.4) is 0 Å². The standard InChI is InChI=1S/C17H26N6/c1-2-4-10-21(9-3-1)13-15-7-11-22(12-8-15)17-6-5-16-19-18-14-23(16)20-17/h5-6,14-15H,1-4,7-13H2. The Balaban J connectivity index is 1.33. The number of fused-ring (bicyclic) bond motifs is 1. The molecule has 23 heavy (non-hydrogen) atoms. The Bertz CT molecular complexity index is 623. The van der Waals surface area contributed by atoms with Crippen LogP contribution in [-0.4, -0.2) is 57.4 Å². The summed E-state index contributed by atoms with van der Waals surface area (Å²) in [6.07, 6.45) is 9.85. The molecule has 0 atom stereocenters. The fraction of sp³-hybridized carbons (Fsp3) is 0.706. The first-order chi connectivity index (χ1) is 11.4. The molecule has 0 spiro atoms. The fourth-order valence-electron chi connectivity index (χ4n) is 3.92. The largest absolute Gasteiger partial charge is 0.355 e. The van der Waals surface area contributed by atoms with Gasteiger partial charge in [0.1, 0.15) is 12.1 Å². The molecular weight excluding hydrogens is 288 g/mol. The Hall–Kier alpha value is -1.69. The summed E-state index contributed by atoms with van der Waals surface area (Å²) in [6, 6.07) is 4.07. The molecule has 0 bridgehead atoms. The highest BCUT2D eigenvalue weighted by Crippen LogP contribution is 2.23. The molecule has 0 amide bonds. The highest BCUT2D eigenvalue weighted by Gasteiger charge is 2.23. The average molecular weight is 314 g/mol. The summed E-state index contributed by atoms with van der Waals surface area (Å²) in [5.41, 5.74) is 0.810. The van der Waals surface area contributed by atoms with Gasteiger partial charge in [0, 0.05) is 19.6 Å². The van der Waals surface area contributed by atoms with Crippen LogP contribution < -0.4 is 4.90 Å². The molecule has 4 rings (SSSR count). The van der Waals surface area contributed by atoms with Crippen LogP contribution in [0.4, 0.5) is 5.82 Å². The van der Waals surface area contributed by atoms with E-state index in [4.69, 9.17) is 0 Å². The molecule has 2 aliphatic heterocycles. The smallest absolute Gasteiger partial charge is 0.177 e. The molecule has 2 saturated heterocycles. The van der Waals surface area contributed by atoms with Crippen LogP contribution in [0.25, 0.3) is 5.65 Å². The van der Waals surface area contributed by atoms with Gasteiger partial charge in [0.05, 0.1) is 0 Å². The number of likely N-dealkylation sites (tertiary alicyclic amines) is 1. The number of aromatic nitrogens is 4. The molecule has 2 fully saturated rings. The Kier molecular flexibility index (Phi) is 4.41. The van der Waals surface area contributed by atoms with E-state index in [1.807, 2.05) is 6.07 Å².